The standard InChI is InChI=1S/C20H32N4O4/c1-4-27-20(26)23-12-10-22(11-13-23)17-6-5-9-24(14-17)19(25)8-7-18-15(2)21-28-16(18)3/h17H,4-14H2,1-3H3. The molecule has 0 aromatic carbocycles. The molecule has 156 valence electrons. The van der Waals surface area contributed by atoms with Crippen LogP contribution < -0.4 is 0 Å². The maximum atomic E-state index is 12.7. The Morgan fingerprint density at radius 2 is 1.89 bits per heavy atom. The highest BCUT2D eigenvalue weighted by Gasteiger charge is 2.31. The molecule has 3 heterocycles. The molecule has 0 saturated carbocycles. The van der Waals surface area contributed by atoms with E-state index < -0.39 is 0 Å². The predicted molar refractivity (Wildman–Crippen MR) is 104 cm³/mol. The minimum atomic E-state index is -0.220. The molecule has 28 heavy (non-hydrogen) atoms. The van der Waals surface area contributed by atoms with E-state index in [0.29, 0.717) is 38.6 Å². The molecule has 2 amide bonds. The summed E-state index contributed by atoms with van der Waals surface area (Å²) in [6, 6.07) is 0.376. The molecule has 1 unspecified atom stereocenters. The van der Waals surface area contributed by atoms with Crippen molar-refractivity contribution >= 4 is 12.0 Å². The Labute approximate surface area is 166 Å². The van der Waals surface area contributed by atoms with Gasteiger partial charge in [-0.05, 0) is 40.0 Å². The molecule has 0 spiro atoms. The number of carbonyl (C=O) groups is 2. The fourth-order valence-electron chi connectivity index (χ4n) is 4.21. The zero-order valence-electron chi connectivity index (χ0n) is 17.3. The maximum Gasteiger partial charge on any atom is 0.409 e. The monoisotopic (exact) mass is 392 g/mol. The van der Waals surface area contributed by atoms with Crippen molar-refractivity contribution < 1.29 is 18.8 Å². The number of amides is 2. The topological polar surface area (TPSA) is 79.1 Å². The Kier molecular flexibility index (Phi) is 6.93. The molecule has 2 fully saturated rings. The number of aryl methyl sites for hydroxylation is 2. The summed E-state index contributed by atoms with van der Waals surface area (Å²) in [5.74, 6) is 1.01. The summed E-state index contributed by atoms with van der Waals surface area (Å²) in [5, 5.41) is 3.97. The van der Waals surface area contributed by atoms with Crippen LogP contribution in [0.3, 0.4) is 0 Å². The van der Waals surface area contributed by atoms with E-state index in [1.54, 1.807) is 4.90 Å². The van der Waals surface area contributed by atoms with Gasteiger partial charge in [-0.25, -0.2) is 4.79 Å². The highest BCUT2D eigenvalue weighted by molar-refractivity contribution is 5.76. The maximum absolute atomic E-state index is 12.7. The van der Waals surface area contributed by atoms with Crippen LogP contribution in [0.2, 0.25) is 0 Å². The molecule has 0 radical (unpaired) electrons. The second-order valence-electron chi connectivity index (χ2n) is 7.66. The van der Waals surface area contributed by atoms with Gasteiger partial charge in [-0.3, -0.25) is 9.69 Å². The first kappa shape index (κ1) is 20.6. The SMILES string of the molecule is CCOC(=O)N1CCN(C2CCCN(C(=O)CCc3c(C)noc3C)C2)CC1. The van der Waals surface area contributed by atoms with Crippen molar-refractivity contribution in [2.24, 2.45) is 0 Å². The fraction of sp³-hybridized carbons (Fsp3) is 0.750. The third-order valence-electron chi connectivity index (χ3n) is 5.88. The molecular formula is C20H32N4O4. The number of likely N-dealkylation sites (tertiary alicyclic amines) is 1. The number of piperidine rings is 1. The van der Waals surface area contributed by atoms with Gasteiger partial charge in [-0.15, -0.1) is 0 Å². The number of hydrogen-bond donors (Lipinski definition) is 0. The van der Waals surface area contributed by atoms with E-state index >= 15 is 0 Å². The van der Waals surface area contributed by atoms with E-state index in [4.69, 9.17) is 9.26 Å². The smallest absolute Gasteiger partial charge is 0.409 e. The van der Waals surface area contributed by atoms with Crippen molar-refractivity contribution in [2.75, 3.05) is 45.9 Å². The second kappa shape index (κ2) is 9.41. The lowest BCUT2D eigenvalue weighted by Crippen LogP contribution is -2.56. The van der Waals surface area contributed by atoms with Crippen LogP contribution >= 0.6 is 0 Å². The van der Waals surface area contributed by atoms with Crippen LogP contribution in [0.5, 0.6) is 0 Å². The summed E-state index contributed by atoms with van der Waals surface area (Å²) in [6.07, 6.45) is 3.08. The van der Waals surface area contributed by atoms with Gasteiger partial charge in [0.1, 0.15) is 5.76 Å². The van der Waals surface area contributed by atoms with E-state index in [1.165, 1.54) is 0 Å². The summed E-state index contributed by atoms with van der Waals surface area (Å²) in [7, 11) is 0. The third kappa shape index (κ3) is 4.84. The highest BCUT2D eigenvalue weighted by atomic mass is 16.6. The minimum Gasteiger partial charge on any atom is -0.450 e. The molecule has 0 N–H and O–H groups in total. The Balaban J connectivity index is 1.47. The van der Waals surface area contributed by atoms with Gasteiger partial charge in [0.25, 0.3) is 0 Å². The zero-order valence-corrected chi connectivity index (χ0v) is 17.3. The van der Waals surface area contributed by atoms with Gasteiger partial charge < -0.3 is 19.1 Å². The summed E-state index contributed by atoms with van der Waals surface area (Å²) in [6.45, 7) is 10.7. The van der Waals surface area contributed by atoms with Gasteiger partial charge in [-0.1, -0.05) is 5.16 Å². The molecule has 1 atom stereocenters. The number of aromatic nitrogens is 1. The van der Waals surface area contributed by atoms with E-state index in [0.717, 1.165) is 56.0 Å². The van der Waals surface area contributed by atoms with Gasteiger partial charge in [0, 0.05) is 57.3 Å². The number of nitrogens with zero attached hydrogens (tertiary/aromatic N) is 4. The Bertz CT molecular complexity index is 662. The van der Waals surface area contributed by atoms with E-state index in [9.17, 15) is 9.59 Å². The lowest BCUT2D eigenvalue weighted by Gasteiger charge is -2.43. The van der Waals surface area contributed by atoms with Crippen LogP contribution in [0.25, 0.3) is 0 Å². The van der Waals surface area contributed by atoms with Crippen LogP contribution in [-0.2, 0) is 16.0 Å². The predicted octanol–water partition coefficient (Wildman–Crippen LogP) is 1.99. The van der Waals surface area contributed by atoms with Crippen molar-refractivity contribution in [1.29, 1.82) is 0 Å². The Morgan fingerprint density at radius 1 is 1.14 bits per heavy atom. The van der Waals surface area contributed by atoms with E-state index in [2.05, 4.69) is 10.1 Å². The molecule has 3 rings (SSSR count). The molecule has 8 nitrogen and oxygen atoms in total. The van der Waals surface area contributed by atoms with Crippen LogP contribution in [0, 0.1) is 13.8 Å². The van der Waals surface area contributed by atoms with Crippen LogP contribution in [0.4, 0.5) is 4.79 Å². The average molecular weight is 393 g/mol. The Hall–Kier alpha value is -2.09. The largest absolute Gasteiger partial charge is 0.450 e. The molecule has 0 aliphatic carbocycles. The normalized spacial score (nSPS) is 21.0. The molecule has 1 aromatic heterocycles. The summed E-state index contributed by atoms with van der Waals surface area (Å²) >= 11 is 0. The first-order valence-electron chi connectivity index (χ1n) is 10.3. The van der Waals surface area contributed by atoms with Crippen molar-refractivity contribution in [3.05, 3.63) is 17.0 Å². The van der Waals surface area contributed by atoms with Crippen LogP contribution in [-0.4, -0.2) is 83.8 Å². The first-order valence-corrected chi connectivity index (χ1v) is 10.3. The van der Waals surface area contributed by atoms with E-state index in [-0.39, 0.29) is 12.0 Å². The molecule has 8 heteroatoms. The first-order chi connectivity index (χ1) is 13.5. The third-order valence-corrected chi connectivity index (χ3v) is 5.88. The highest BCUT2D eigenvalue weighted by Crippen LogP contribution is 2.20. The second-order valence-corrected chi connectivity index (χ2v) is 7.66. The summed E-state index contributed by atoms with van der Waals surface area (Å²) < 4.78 is 10.3. The average Bonchev–Trinajstić information content (AvgIpc) is 3.04. The molecule has 2 saturated heterocycles. The van der Waals surface area contributed by atoms with E-state index in [1.807, 2.05) is 25.7 Å². The summed E-state index contributed by atoms with van der Waals surface area (Å²) in [5.41, 5.74) is 1.93. The number of rotatable bonds is 5. The lowest BCUT2D eigenvalue weighted by atomic mass is 10.0. The molecule has 0 bridgehead atoms. The molecule has 1 aromatic rings. The van der Waals surface area contributed by atoms with Gasteiger partial charge in [0.2, 0.25) is 5.91 Å². The summed E-state index contributed by atoms with van der Waals surface area (Å²) in [4.78, 5) is 30.8. The number of piperazine rings is 1. The van der Waals surface area contributed by atoms with Crippen molar-refractivity contribution in [2.45, 2.75) is 52.5 Å². The van der Waals surface area contributed by atoms with Gasteiger partial charge in [0.05, 0.1) is 12.3 Å². The van der Waals surface area contributed by atoms with Gasteiger partial charge in [0.15, 0.2) is 0 Å². The molecule has 2 aliphatic heterocycles. The van der Waals surface area contributed by atoms with Gasteiger partial charge in [-0.2, -0.15) is 0 Å². The van der Waals surface area contributed by atoms with Crippen molar-refractivity contribution in [3.63, 3.8) is 0 Å². The number of ether oxygens (including phenoxy) is 1. The number of carbonyl (C=O) groups excluding carboxylic acids is 2. The quantitative estimate of drug-likeness (QED) is 0.763. The van der Waals surface area contributed by atoms with Crippen LogP contribution in [0.15, 0.2) is 4.52 Å². The lowest BCUT2D eigenvalue weighted by molar-refractivity contribution is -0.133. The Morgan fingerprint density at radius 3 is 2.54 bits per heavy atom. The van der Waals surface area contributed by atoms with Gasteiger partial charge >= 0.3 is 6.09 Å². The van der Waals surface area contributed by atoms with Crippen molar-refractivity contribution in [3.8, 4) is 0 Å². The van der Waals surface area contributed by atoms with Crippen LogP contribution in [0.1, 0.15) is 43.2 Å². The number of hydrogen-bond acceptors (Lipinski definition) is 6. The van der Waals surface area contributed by atoms with Crippen molar-refractivity contribution in [1.82, 2.24) is 19.9 Å². The minimum absolute atomic E-state index is 0.204. The molecule has 2 aliphatic rings. The fourth-order valence-corrected chi connectivity index (χ4v) is 4.21. The molecular weight excluding hydrogens is 360 g/mol. The zero-order chi connectivity index (χ0) is 20.1.